The van der Waals surface area contributed by atoms with Crippen molar-refractivity contribution in [2.75, 3.05) is 6.54 Å². The van der Waals surface area contributed by atoms with Crippen molar-refractivity contribution >= 4 is 5.97 Å². The van der Waals surface area contributed by atoms with Gasteiger partial charge in [0.1, 0.15) is 5.54 Å². The number of pyridine rings is 1. The Morgan fingerprint density at radius 1 is 1.53 bits per heavy atom. The van der Waals surface area contributed by atoms with E-state index in [1.807, 2.05) is 30.9 Å². The fraction of sp³-hybridized carbons (Fsp3) is 0.538. The number of hydrogen-bond acceptors (Lipinski definition) is 3. The van der Waals surface area contributed by atoms with Gasteiger partial charge in [-0.15, -0.1) is 0 Å². The fourth-order valence-electron chi connectivity index (χ4n) is 1.70. The van der Waals surface area contributed by atoms with Gasteiger partial charge in [0.25, 0.3) is 0 Å². The Balaban J connectivity index is 2.92. The molecule has 0 amide bonds. The number of hydrogen-bond donors (Lipinski definition) is 1. The summed E-state index contributed by atoms with van der Waals surface area (Å²) in [7, 11) is 0. The minimum atomic E-state index is -0.876. The number of carbonyl (C=O) groups is 1. The molecule has 0 saturated carbocycles. The zero-order valence-electron chi connectivity index (χ0n) is 10.9. The molecule has 1 rings (SSSR count). The predicted molar refractivity (Wildman–Crippen MR) is 66.8 cm³/mol. The zero-order chi connectivity index (χ0) is 13.1. The van der Waals surface area contributed by atoms with Crippen molar-refractivity contribution in [1.29, 1.82) is 0 Å². The highest BCUT2D eigenvalue weighted by atomic mass is 16.4. The molecule has 1 heterocycles. The van der Waals surface area contributed by atoms with E-state index >= 15 is 0 Å². The van der Waals surface area contributed by atoms with Gasteiger partial charge in [-0.3, -0.25) is 14.7 Å². The molecule has 1 aromatic heterocycles. The van der Waals surface area contributed by atoms with Gasteiger partial charge in [-0.1, -0.05) is 13.0 Å². The van der Waals surface area contributed by atoms with Gasteiger partial charge < -0.3 is 5.11 Å². The largest absolute Gasteiger partial charge is 0.480 e. The molecule has 0 aliphatic heterocycles. The molecule has 0 saturated heterocycles. The van der Waals surface area contributed by atoms with Crippen LogP contribution in [0.3, 0.4) is 0 Å². The first-order chi connectivity index (χ1) is 7.89. The Morgan fingerprint density at radius 2 is 2.18 bits per heavy atom. The van der Waals surface area contributed by atoms with Crippen LogP contribution in [0.5, 0.6) is 0 Å². The SMILES string of the molecule is CCN(Cc1ncccc1C)C(C)(C)C(=O)O. The first-order valence-corrected chi connectivity index (χ1v) is 5.78. The van der Waals surface area contributed by atoms with Crippen LogP contribution in [0, 0.1) is 6.92 Å². The van der Waals surface area contributed by atoms with Crippen molar-refractivity contribution in [3.05, 3.63) is 29.6 Å². The van der Waals surface area contributed by atoms with Crippen molar-refractivity contribution in [2.24, 2.45) is 0 Å². The molecule has 0 bridgehead atoms. The summed E-state index contributed by atoms with van der Waals surface area (Å²) in [6, 6.07) is 3.88. The summed E-state index contributed by atoms with van der Waals surface area (Å²) in [5, 5.41) is 9.23. The van der Waals surface area contributed by atoms with Crippen molar-refractivity contribution < 1.29 is 9.90 Å². The third-order valence-corrected chi connectivity index (χ3v) is 3.15. The minimum absolute atomic E-state index is 0.558. The molecule has 94 valence electrons. The summed E-state index contributed by atoms with van der Waals surface area (Å²) in [5.74, 6) is -0.812. The number of likely N-dealkylation sites (N-methyl/N-ethyl adjacent to an activating group) is 1. The summed E-state index contributed by atoms with van der Waals surface area (Å²) < 4.78 is 0. The predicted octanol–water partition coefficient (Wildman–Crippen LogP) is 2.08. The summed E-state index contributed by atoms with van der Waals surface area (Å²) >= 11 is 0. The zero-order valence-corrected chi connectivity index (χ0v) is 10.9. The molecule has 0 radical (unpaired) electrons. The number of aromatic nitrogens is 1. The van der Waals surface area contributed by atoms with E-state index < -0.39 is 11.5 Å². The normalized spacial score (nSPS) is 11.8. The minimum Gasteiger partial charge on any atom is -0.480 e. The van der Waals surface area contributed by atoms with Gasteiger partial charge in [0, 0.05) is 12.7 Å². The smallest absolute Gasteiger partial charge is 0.323 e. The molecule has 4 nitrogen and oxygen atoms in total. The van der Waals surface area contributed by atoms with E-state index in [1.165, 1.54) is 0 Å². The molecule has 0 unspecified atom stereocenters. The molecule has 0 spiro atoms. The highest BCUT2D eigenvalue weighted by molar-refractivity contribution is 5.77. The van der Waals surface area contributed by atoms with Gasteiger partial charge in [-0.05, 0) is 38.9 Å². The van der Waals surface area contributed by atoms with Crippen molar-refractivity contribution in [1.82, 2.24) is 9.88 Å². The van der Waals surface area contributed by atoms with E-state index in [2.05, 4.69) is 4.98 Å². The summed E-state index contributed by atoms with van der Waals surface area (Å²) in [5.41, 5.74) is 1.15. The third-order valence-electron chi connectivity index (χ3n) is 3.15. The van der Waals surface area contributed by atoms with Gasteiger partial charge in [-0.2, -0.15) is 0 Å². The van der Waals surface area contributed by atoms with E-state index in [4.69, 9.17) is 0 Å². The molecule has 0 aliphatic rings. The van der Waals surface area contributed by atoms with Crippen LogP contribution in [-0.4, -0.2) is 33.0 Å². The van der Waals surface area contributed by atoms with Gasteiger partial charge in [0.05, 0.1) is 5.69 Å². The average molecular weight is 236 g/mol. The second-order valence-electron chi connectivity index (χ2n) is 4.65. The number of nitrogens with zero attached hydrogens (tertiary/aromatic N) is 2. The quantitative estimate of drug-likeness (QED) is 0.850. The molecule has 4 heteroatoms. The van der Waals surface area contributed by atoms with Crippen molar-refractivity contribution in [3.8, 4) is 0 Å². The molecular weight excluding hydrogens is 216 g/mol. The standard InChI is InChI=1S/C13H20N2O2/c1-5-15(13(3,4)12(16)17)9-11-10(2)7-6-8-14-11/h6-8H,5,9H2,1-4H3,(H,16,17). The van der Waals surface area contributed by atoms with Crippen LogP contribution in [0.2, 0.25) is 0 Å². The lowest BCUT2D eigenvalue weighted by atomic mass is 10.0. The van der Waals surface area contributed by atoms with E-state index in [0.29, 0.717) is 13.1 Å². The number of aliphatic carboxylic acids is 1. The summed E-state index contributed by atoms with van der Waals surface area (Å²) in [6.07, 6.45) is 1.74. The van der Waals surface area contributed by atoms with E-state index in [1.54, 1.807) is 20.0 Å². The van der Waals surface area contributed by atoms with Gasteiger partial charge in [0.15, 0.2) is 0 Å². The van der Waals surface area contributed by atoms with Gasteiger partial charge >= 0.3 is 5.97 Å². The Kier molecular flexibility index (Phi) is 4.23. The Labute approximate surface area is 102 Å². The second-order valence-corrected chi connectivity index (χ2v) is 4.65. The molecule has 17 heavy (non-hydrogen) atoms. The number of carboxylic acid groups (broad SMARTS) is 1. The van der Waals surface area contributed by atoms with Crippen LogP contribution in [0.4, 0.5) is 0 Å². The molecule has 0 fully saturated rings. The number of carboxylic acids is 1. The maximum atomic E-state index is 11.2. The van der Waals surface area contributed by atoms with E-state index in [-0.39, 0.29) is 0 Å². The van der Waals surface area contributed by atoms with Crippen LogP contribution in [0.25, 0.3) is 0 Å². The molecule has 1 aromatic rings. The number of rotatable bonds is 5. The van der Waals surface area contributed by atoms with Gasteiger partial charge in [0.2, 0.25) is 0 Å². The van der Waals surface area contributed by atoms with Crippen LogP contribution in [-0.2, 0) is 11.3 Å². The molecule has 0 aliphatic carbocycles. The Bertz CT molecular complexity index is 402. The fourth-order valence-corrected chi connectivity index (χ4v) is 1.70. The monoisotopic (exact) mass is 236 g/mol. The Hall–Kier alpha value is -1.42. The summed E-state index contributed by atoms with van der Waals surface area (Å²) in [4.78, 5) is 17.4. The van der Waals surface area contributed by atoms with Crippen LogP contribution in [0.1, 0.15) is 32.0 Å². The lowest BCUT2D eigenvalue weighted by molar-refractivity contribution is -0.149. The van der Waals surface area contributed by atoms with Gasteiger partial charge in [-0.25, -0.2) is 0 Å². The first kappa shape index (κ1) is 13.6. The number of aryl methyl sites for hydroxylation is 1. The third kappa shape index (κ3) is 3.03. The topological polar surface area (TPSA) is 53.4 Å². The Morgan fingerprint density at radius 3 is 2.65 bits per heavy atom. The molecule has 0 aromatic carbocycles. The van der Waals surface area contributed by atoms with Crippen molar-refractivity contribution in [2.45, 2.75) is 39.8 Å². The lowest BCUT2D eigenvalue weighted by Gasteiger charge is -2.34. The summed E-state index contributed by atoms with van der Waals surface area (Å²) in [6.45, 7) is 8.62. The maximum absolute atomic E-state index is 11.2. The molecule has 0 atom stereocenters. The van der Waals surface area contributed by atoms with E-state index in [0.717, 1.165) is 11.3 Å². The van der Waals surface area contributed by atoms with Crippen molar-refractivity contribution in [3.63, 3.8) is 0 Å². The molecular formula is C13H20N2O2. The van der Waals surface area contributed by atoms with Crippen LogP contribution < -0.4 is 0 Å². The molecule has 1 N–H and O–H groups in total. The van der Waals surface area contributed by atoms with Crippen LogP contribution in [0.15, 0.2) is 18.3 Å². The highest BCUT2D eigenvalue weighted by Crippen LogP contribution is 2.18. The van der Waals surface area contributed by atoms with E-state index in [9.17, 15) is 9.90 Å². The average Bonchev–Trinajstić information content (AvgIpc) is 2.27. The van der Waals surface area contributed by atoms with Crippen LogP contribution >= 0.6 is 0 Å². The second kappa shape index (κ2) is 5.27. The highest BCUT2D eigenvalue weighted by Gasteiger charge is 2.33. The maximum Gasteiger partial charge on any atom is 0.323 e. The first-order valence-electron chi connectivity index (χ1n) is 5.78. The lowest BCUT2D eigenvalue weighted by Crippen LogP contribution is -2.49.